The summed E-state index contributed by atoms with van der Waals surface area (Å²) < 4.78 is 5.73. The van der Waals surface area contributed by atoms with Crippen LogP contribution in [0, 0.1) is 0 Å². The summed E-state index contributed by atoms with van der Waals surface area (Å²) in [5.74, 6) is 0.832. The Labute approximate surface area is 156 Å². The second-order valence-electron chi connectivity index (χ2n) is 5.45. The average molecular weight is 395 g/mol. The average Bonchev–Trinajstić information content (AvgIpc) is 3.24. The number of benzene rings is 2. The van der Waals surface area contributed by atoms with Crippen LogP contribution in [0.5, 0.6) is 0 Å². The van der Waals surface area contributed by atoms with E-state index in [2.05, 4.69) is 20.6 Å². The number of nitrogen functional groups attached to an aromatic ring is 1. The Hall–Kier alpha value is -2.28. The molecule has 0 amide bonds. The number of aromatic amines is 1. The molecule has 2 aromatic carbocycles. The molecular weight excluding hydrogens is 385 g/mol. The largest absolute Gasteiger partial charge is 0.451 e. The Kier molecular flexibility index (Phi) is 4.03. The smallest absolute Gasteiger partial charge is 0.239 e. The Bertz CT molecular complexity index is 1080. The van der Waals surface area contributed by atoms with E-state index in [0.717, 1.165) is 16.5 Å². The van der Waals surface area contributed by atoms with E-state index < -0.39 is 0 Å². The van der Waals surface area contributed by atoms with Crippen molar-refractivity contribution in [1.29, 1.82) is 0 Å². The lowest BCUT2D eigenvalue weighted by Gasteiger charge is -2.10. The zero-order valence-corrected chi connectivity index (χ0v) is 14.8. The first kappa shape index (κ1) is 16.2. The second-order valence-corrected chi connectivity index (χ2v) is 6.64. The number of fused-ring (bicyclic) bond motifs is 1. The fraction of sp³-hybridized carbons (Fsp3) is 0.0625. The summed E-state index contributed by atoms with van der Waals surface area (Å²) in [6.07, 6.45) is 0.490. The molecule has 3 N–H and O–H groups in total. The van der Waals surface area contributed by atoms with Crippen LogP contribution in [0.2, 0.25) is 15.1 Å². The van der Waals surface area contributed by atoms with Crippen LogP contribution in [-0.4, -0.2) is 20.6 Å². The normalized spacial score (nSPS) is 11.3. The maximum Gasteiger partial charge on any atom is 0.239 e. The van der Waals surface area contributed by atoms with E-state index in [1.54, 1.807) is 18.2 Å². The number of furan rings is 1. The summed E-state index contributed by atoms with van der Waals surface area (Å²) in [4.78, 5) is 0. The van der Waals surface area contributed by atoms with Gasteiger partial charge in [-0.2, -0.15) is 5.21 Å². The van der Waals surface area contributed by atoms with Gasteiger partial charge in [0.1, 0.15) is 0 Å². The van der Waals surface area contributed by atoms with Gasteiger partial charge in [-0.05, 0) is 46.7 Å². The van der Waals surface area contributed by atoms with Crippen molar-refractivity contribution < 1.29 is 4.42 Å². The summed E-state index contributed by atoms with van der Waals surface area (Å²) in [6.45, 7) is 0. The number of halogens is 3. The zero-order valence-electron chi connectivity index (χ0n) is 12.6. The highest BCUT2D eigenvalue weighted by Gasteiger charge is 2.15. The van der Waals surface area contributed by atoms with Gasteiger partial charge < -0.3 is 10.2 Å². The van der Waals surface area contributed by atoms with Crippen LogP contribution in [0.25, 0.3) is 22.6 Å². The molecule has 0 unspecified atom stereocenters. The highest BCUT2D eigenvalue weighted by atomic mass is 35.5. The van der Waals surface area contributed by atoms with Crippen LogP contribution in [0.4, 0.5) is 5.69 Å². The number of tetrazole rings is 1. The molecule has 126 valence electrons. The monoisotopic (exact) mass is 393 g/mol. The molecule has 0 aliphatic heterocycles. The first-order valence-electron chi connectivity index (χ1n) is 7.21. The number of H-pyrrole nitrogens is 1. The Morgan fingerprint density at radius 3 is 2.68 bits per heavy atom. The molecule has 0 spiro atoms. The predicted molar refractivity (Wildman–Crippen MR) is 98.1 cm³/mol. The highest BCUT2D eigenvalue weighted by molar-refractivity contribution is 6.42. The van der Waals surface area contributed by atoms with Crippen molar-refractivity contribution in [3.8, 4) is 11.6 Å². The Morgan fingerprint density at radius 2 is 1.92 bits per heavy atom. The molecule has 0 aliphatic carbocycles. The molecule has 6 nitrogen and oxygen atoms in total. The topological polar surface area (TPSA) is 93.6 Å². The summed E-state index contributed by atoms with van der Waals surface area (Å²) in [5, 5.41) is 15.9. The van der Waals surface area contributed by atoms with E-state index in [1.807, 2.05) is 12.1 Å². The second kappa shape index (κ2) is 6.22. The molecule has 0 saturated heterocycles. The van der Waals surface area contributed by atoms with Crippen molar-refractivity contribution >= 4 is 51.5 Å². The van der Waals surface area contributed by atoms with Gasteiger partial charge >= 0.3 is 0 Å². The van der Waals surface area contributed by atoms with Crippen molar-refractivity contribution in [2.24, 2.45) is 0 Å². The summed E-state index contributed by atoms with van der Waals surface area (Å²) in [5.41, 5.74) is 8.84. The fourth-order valence-corrected chi connectivity index (χ4v) is 3.34. The number of hydrogen-bond donors (Lipinski definition) is 2. The molecule has 4 rings (SSSR count). The third-order valence-electron chi connectivity index (χ3n) is 3.81. The van der Waals surface area contributed by atoms with E-state index in [9.17, 15) is 0 Å². The minimum absolute atomic E-state index is 0.357. The number of hydrogen-bond acceptors (Lipinski definition) is 5. The number of nitrogens with one attached hydrogen (secondary N) is 1. The number of rotatable bonds is 3. The predicted octanol–water partition coefficient (Wildman–Crippen LogP) is 4.75. The van der Waals surface area contributed by atoms with Crippen LogP contribution < -0.4 is 5.73 Å². The number of nitrogens with zero attached hydrogens (tertiary/aromatic N) is 3. The third kappa shape index (κ3) is 2.93. The van der Waals surface area contributed by atoms with Gasteiger partial charge in [-0.25, -0.2) is 0 Å². The Morgan fingerprint density at radius 1 is 1.08 bits per heavy atom. The Balaban J connectivity index is 1.78. The zero-order chi connectivity index (χ0) is 17.6. The molecule has 4 aromatic rings. The van der Waals surface area contributed by atoms with Crippen LogP contribution in [0.15, 0.2) is 34.7 Å². The fourth-order valence-electron chi connectivity index (χ4n) is 2.64. The van der Waals surface area contributed by atoms with Crippen LogP contribution in [0.1, 0.15) is 11.1 Å². The molecule has 0 radical (unpaired) electrons. The van der Waals surface area contributed by atoms with E-state index in [0.29, 0.717) is 44.3 Å². The van der Waals surface area contributed by atoms with E-state index in [4.69, 9.17) is 45.0 Å². The van der Waals surface area contributed by atoms with Crippen LogP contribution >= 0.6 is 34.8 Å². The van der Waals surface area contributed by atoms with Gasteiger partial charge in [0.25, 0.3) is 0 Å². The minimum Gasteiger partial charge on any atom is -0.451 e. The van der Waals surface area contributed by atoms with E-state index in [1.165, 1.54) is 0 Å². The quantitative estimate of drug-likeness (QED) is 0.489. The van der Waals surface area contributed by atoms with Gasteiger partial charge in [-0.1, -0.05) is 34.8 Å². The van der Waals surface area contributed by atoms with Crippen LogP contribution in [-0.2, 0) is 6.42 Å². The molecule has 2 heterocycles. The molecule has 0 fully saturated rings. The van der Waals surface area contributed by atoms with Gasteiger partial charge in [0, 0.05) is 17.5 Å². The first-order chi connectivity index (χ1) is 12.0. The highest BCUT2D eigenvalue weighted by Crippen LogP contribution is 2.35. The van der Waals surface area contributed by atoms with Gasteiger partial charge in [0.2, 0.25) is 5.82 Å². The van der Waals surface area contributed by atoms with Crippen LogP contribution in [0.3, 0.4) is 0 Å². The molecule has 25 heavy (non-hydrogen) atoms. The van der Waals surface area contributed by atoms with Crippen molar-refractivity contribution in [2.75, 3.05) is 5.73 Å². The van der Waals surface area contributed by atoms with E-state index >= 15 is 0 Å². The standard InChI is InChI=1S/C16H10Cl3N5O/c17-10-1-2-12(20)9(14(10)19)4-7-3-8-6-13(16-21-23-24-22-16)25-15(8)11(18)5-7/h1-3,5-6H,4,20H2,(H,21,22,23,24). The summed E-state index contributed by atoms with van der Waals surface area (Å²) in [6, 6.07) is 8.97. The lowest BCUT2D eigenvalue weighted by atomic mass is 10.0. The molecule has 2 aromatic heterocycles. The maximum atomic E-state index is 6.37. The SMILES string of the molecule is Nc1ccc(Cl)c(Cl)c1Cc1cc(Cl)c2oc(-c3nn[nH]n3)cc2c1. The van der Waals surface area contributed by atoms with Crippen molar-refractivity contribution in [3.05, 3.63) is 56.5 Å². The molecule has 0 bridgehead atoms. The van der Waals surface area contributed by atoms with E-state index in [-0.39, 0.29) is 0 Å². The third-order valence-corrected chi connectivity index (χ3v) is 4.93. The first-order valence-corrected chi connectivity index (χ1v) is 8.34. The van der Waals surface area contributed by atoms with Gasteiger partial charge in [-0.3, -0.25) is 0 Å². The van der Waals surface area contributed by atoms with Crippen molar-refractivity contribution in [3.63, 3.8) is 0 Å². The summed E-state index contributed by atoms with van der Waals surface area (Å²) in [7, 11) is 0. The minimum atomic E-state index is 0.357. The lowest BCUT2D eigenvalue weighted by Crippen LogP contribution is -1.97. The molecule has 0 aliphatic rings. The van der Waals surface area contributed by atoms with Gasteiger partial charge in [-0.15, -0.1) is 10.2 Å². The van der Waals surface area contributed by atoms with Crippen molar-refractivity contribution in [2.45, 2.75) is 6.42 Å². The van der Waals surface area contributed by atoms with Gasteiger partial charge in [0.15, 0.2) is 11.3 Å². The maximum absolute atomic E-state index is 6.37. The molecular formula is C16H10Cl3N5O. The molecule has 0 atom stereocenters. The molecule has 0 saturated carbocycles. The van der Waals surface area contributed by atoms with Crippen molar-refractivity contribution in [1.82, 2.24) is 20.6 Å². The lowest BCUT2D eigenvalue weighted by molar-refractivity contribution is 0.625. The number of anilines is 1. The number of aromatic nitrogens is 4. The number of nitrogens with two attached hydrogens (primary N) is 1. The molecule has 9 heteroatoms. The summed E-state index contributed by atoms with van der Waals surface area (Å²) >= 11 is 18.7. The van der Waals surface area contributed by atoms with Gasteiger partial charge in [0.05, 0.1) is 15.1 Å².